The molecule has 4 heteroatoms. The van der Waals surface area contributed by atoms with Gasteiger partial charge in [0, 0.05) is 18.2 Å². The maximum Gasteiger partial charge on any atom is 0.224 e. The largest absolute Gasteiger partial charge is 0.326 e. The molecule has 0 saturated carbocycles. The summed E-state index contributed by atoms with van der Waals surface area (Å²) in [5.74, 6) is 0.00151. The first kappa shape index (κ1) is 17.2. The number of hydrogen-bond donors (Lipinski definition) is 1. The predicted octanol–water partition coefficient (Wildman–Crippen LogP) is 3.40. The number of amides is 1. The Bertz CT molecular complexity index is 493. The van der Waals surface area contributed by atoms with Gasteiger partial charge in [-0.1, -0.05) is 19.4 Å². The van der Waals surface area contributed by atoms with Crippen molar-refractivity contribution in [2.75, 3.05) is 18.9 Å². The van der Waals surface area contributed by atoms with Crippen molar-refractivity contribution in [3.8, 4) is 6.07 Å². The van der Waals surface area contributed by atoms with Gasteiger partial charge in [-0.05, 0) is 51.6 Å². The van der Waals surface area contributed by atoms with E-state index in [9.17, 15) is 4.79 Å². The van der Waals surface area contributed by atoms with Gasteiger partial charge in [0.25, 0.3) is 0 Å². The Morgan fingerprint density at radius 3 is 2.90 bits per heavy atom. The summed E-state index contributed by atoms with van der Waals surface area (Å²) in [5, 5.41) is 11.7. The lowest BCUT2D eigenvalue weighted by Crippen LogP contribution is -2.30. The average molecular weight is 287 g/mol. The molecule has 0 fully saturated rings. The number of rotatable bonds is 8. The summed E-state index contributed by atoms with van der Waals surface area (Å²) in [4.78, 5) is 14.2. The van der Waals surface area contributed by atoms with Crippen molar-refractivity contribution in [2.45, 2.75) is 45.6 Å². The summed E-state index contributed by atoms with van der Waals surface area (Å²) in [7, 11) is 2.11. The van der Waals surface area contributed by atoms with Gasteiger partial charge in [0.05, 0.1) is 11.6 Å². The van der Waals surface area contributed by atoms with Crippen LogP contribution in [0.2, 0.25) is 0 Å². The first-order valence-electron chi connectivity index (χ1n) is 7.57. The zero-order chi connectivity index (χ0) is 15.7. The fourth-order valence-corrected chi connectivity index (χ4v) is 2.24. The van der Waals surface area contributed by atoms with E-state index in [0.29, 0.717) is 23.7 Å². The summed E-state index contributed by atoms with van der Waals surface area (Å²) in [5.41, 5.74) is 1.24. The van der Waals surface area contributed by atoms with E-state index in [1.807, 2.05) is 0 Å². The third-order valence-corrected chi connectivity index (χ3v) is 3.65. The Morgan fingerprint density at radius 1 is 1.48 bits per heavy atom. The molecule has 1 aromatic rings. The van der Waals surface area contributed by atoms with Crippen LogP contribution in [0.5, 0.6) is 0 Å². The van der Waals surface area contributed by atoms with Crippen molar-refractivity contribution in [3.05, 3.63) is 29.8 Å². The van der Waals surface area contributed by atoms with Crippen LogP contribution in [0.25, 0.3) is 0 Å². The van der Waals surface area contributed by atoms with Gasteiger partial charge in [-0.3, -0.25) is 4.79 Å². The third-order valence-electron chi connectivity index (χ3n) is 3.65. The van der Waals surface area contributed by atoms with E-state index < -0.39 is 0 Å². The molecule has 1 rings (SSSR count). The standard InChI is InChI=1S/C17H25N3O/c1-4-7-14(2)20(3)11-6-10-17(21)19-16-9-5-8-15(12-16)13-18/h5,8-9,12,14H,4,6-7,10-11H2,1-3H3,(H,19,21). The Balaban J connectivity index is 2.33. The van der Waals surface area contributed by atoms with Crippen LogP contribution in [0, 0.1) is 11.3 Å². The number of benzene rings is 1. The number of carbonyl (C=O) groups is 1. The summed E-state index contributed by atoms with van der Waals surface area (Å²) in [6.45, 7) is 5.33. The second-order valence-corrected chi connectivity index (χ2v) is 5.46. The van der Waals surface area contributed by atoms with Gasteiger partial charge in [-0.15, -0.1) is 0 Å². The topological polar surface area (TPSA) is 56.1 Å². The molecule has 1 atom stereocenters. The van der Waals surface area contributed by atoms with Gasteiger partial charge >= 0.3 is 0 Å². The van der Waals surface area contributed by atoms with Crippen molar-refractivity contribution in [2.24, 2.45) is 0 Å². The molecule has 1 N–H and O–H groups in total. The molecule has 1 amide bonds. The van der Waals surface area contributed by atoms with Gasteiger partial charge in [0.2, 0.25) is 5.91 Å². The molecule has 0 bridgehead atoms. The highest BCUT2D eigenvalue weighted by atomic mass is 16.1. The Kier molecular flexibility index (Phi) is 7.49. The molecule has 4 nitrogen and oxygen atoms in total. The molecule has 21 heavy (non-hydrogen) atoms. The van der Waals surface area contributed by atoms with Crippen LogP contribution >= 0.6 is 0 Å². The van der Waals surface area contributed by atoms with E-state index in [1.54, 1.807) is 24.3 Å². The molecule has 0 aliphatic heterocycles. The molecular formula is C17H25N3O. The molecule has 0 heterocycles. The molecule has 0 radical (unpaired) electrons. The molecule has 0 aliphatic carbocycles. The molecule has 114 valence electrons. The minimum absolute atomic E-state index is 0.00151. The fourth-order valence-electron chi connectivity index (χ4n) is 2.24. The zero-order valence-corrected chi connectivity index (χ0v) is 13.2. The highest BCUT2D eigenvalue weighted by Gasteiger charge is 2.09. The van der Waals surface area contributed by atoms with Gasteiger partial charge < -0.3 is 10.2 Å². The van der Waals surface area contributed by atoms with Gasteiger partial charge in [0.1, 0.15) is 0 Å². The SMILES string of the molecule is CCCC(C)N(C)CCCC(=O)Nc1cccc(C#N)c1. The van der Waals surface area contributed by atoms with Gasteiger partial charge in [-0.2, -0.15) is 5.26 Å². The van der Waals surface area contributed by atoms with Crippen LogP contribution in [0.15, 0.2) is 24.3 Å². The van der Waals surface area contributed by atoms with Crippen LogP contribution in [0.3, 0.4) is 0 Å². The zero-order valence-electron chi connectivity index (χ0n) is 13.2. The van der Waals surface area contributed by atoms with Crippen LogP contribution in [0.4, 0.5) is 5.69 Å². The number of nitrogens with zero attached hydrogens (tertiary/aromatic N) is 2. The summed E-state index contributed by atoms with van der Waals surface area (Å²) >= 11 is 0. The van der Waals surface area contributed by atoms with Crippen molar-refractivity contribution in [1.82, 2.24) is 4.90 Å². The van der Waals surface area contributed by atoms with Crippen LogP contribution in [0.1, 0.15) is 45.1 Å². The monoisotopic (exact) mass is 287 g/mol. The smallest absolute Gasteiger partial charge is 0.224 e. The number of anilines is 1. The highest BCUT2D eigenvalue weighted by Crippen LogP contribution is 2.11. The van der Waals surface area contributed by atoms with E-state index in [1.165, 1.54) is 12.8 Å². The van der Waals surface area contributed by atoms with Gasteiger partial charge in [0.15, 0.2) is 0 Å². The predicted molar refractivity (Wildman–Crippen MR) is 86.0 cm³/mol. The van der Waals surface area contributed by atoms with Crippen LogP contribution in [-0.4, -0.2) is 30.4 Å². The van der Waals surface area contributed by atoms with E-state index in [-0.39, 0.29) is 5.91 Å². The van der Waals surface area contributed by atoms with E-state index in [4.69, 9.17) is 5.26 Å². The van der Waals surface area contributed by atoms with Crippen LogP contribution < -0.4 is 5.32 Å². The molecular weight excluding hydrogens is 262 g/mol. The molecule has 1 unspecified atom stereocenters. The van der Waals surface area contributed by atoms with Crippen molar-refractivity contribution >= 4 is 11.6 Å². The van der Waals surface area contributed by atoms with E-state index in [0.717, 1.165) is 13.0 Å². The average Bonchev–Trinajstić information content (AvgIpc) is 2.47. The third kappa shape index (κ3) is 6.42. The molecule has 0 saturated heterocycles. The number of hydrogen-bond acceptors (Lipinski definition) is 3. The van der Waals surface area contributed by atoms with Crippen molar-refractivity contribution in [1.29, 1.82) is 5.26 Å². The van der Waals surface area contributed by atoms with E-state index >= 15 is 0 Å². The van der Waals surface area contributed by atoms with Crippen molar-refractivity contribution in [3.63, 3.8) is 0 Å². The minimum atomic E-state index is 0.00151. The first-order valence-corrected chi connectivity index (χ1v) is 7.57. The first-order chi connectivity index (χ1) is 10.1. The second-order valence-electron chi connectivity index (χ2n) is 5.46. The van der Waals surface area contributed by atoms with Crippen molar-refractivity contribution < 1.29 is 4.79 Å². The Morgan fingerprint density at radius 2 is 2.24 bits per heavy atom. The molecule has 0 aliphatic rings. The minimum Gasteiger partial charge on any atom is -0.326 e. The normalized spacial score (nSPS) is 12.0. The summed E-state index contributed by atoms with van der Waals surface area (Å²) < 4.78 is 0. The molecule has 0 aromatic heterocycles. The maximum absolute atomic E-state index is 11.9. The Labute approximate surface area is 127 Å². The number of nitrogens with one attached hydrogen (secondary N) is 1. The fraction of sp³-hybridized carbons (Fsp3) is 0.529. The summed E-state index contributed by atoms with van der Waals surface area (Å²) in [6.07, 6.45) is 3.71. The number of nitriles is 1. The Hall–Kier alpha value is -1.86. The second kappa shape index (κ2) is 9.15. The lowest BCUT2D eigenvalue weighted by molar-refractivity contribution is -0.116. The molecule has 0 spiro atoms. The van der Waals surface area contributed by atoms with Gasteiger partial charge in [-0.25, -0.2) is 0 Å². The summed E-state index contributed by atoms with van der Waals surface area (Å²) in [6, 6.07) is 9.61. The number of carbonyl (C=O) groups excluding carboxylic acids is 1. The highest BCUT2D eigenvalue weighted by molar-refractivity contribution is 5.90. The quantitative estimate of drug-likeness (QED) is 0.797. The van der Waals surface area contributed by atoms with Crippen LogP contribution in [-0.2, 0) is 4.79 Å². The lowest BCUT2D eigenvalue weighted by atomic mass is 10.1. The molecule has 1 aromatic carbocycles. The maximum atomic E-state index is 11.9. The lowest BCUT2D eigenvalue weighted by Gasteiger charge is -2.24. The van der Waals surface area contributed by atoms with E-state index in [2.05, 4.69) is 37.2 Å².